The molecule has 6 rings (SSSR count). The predicted octanol–water partition coefficient (Wildman–Crippen LogP) is 3.17. The van der Waals surface area contributed by atoms with E-state index in [0.29, 0.717) is 12.1 Å². The fourth-order valence-electron chi connectivity index (χ4n) is 3.91. The van der Waals surface area contributed by atoms with Gasteiger partial charge in [0.05, 0.1) is 22.3 Å². The van der Waals surface area contributed by atoms with Gasteiger partial charge in [-0.15, -0.1) is 0 Å². The van der Waals surface area contributed by atoms with Gasteiger partial charge >= 0.3 is 0 Å². The van der Waals surface area contributed by atoms with Gasteiger partial charge in [0.1, 0.15) is 11.6 Å². The zero-order valence-corrected chi connectivity index (χ0v) is 14.6. The van der Waals surface area contributed by atoms with Crippen molar-refractivity contribution >= 4 is 32.5 Å². The smallest absolute Gasteiger partial charge is 0.187 e. The molecule has 0 spiro atoms. The summed E-state index contributed by atoms with van der Waals surface area (Å²) in [6.45, 7) is 6.12. The van der Waals surface area contributed by atoms with E-state index in [2.05, 4.69) is 44.9 Å². The molecule has 0 radical (unpaired) electrons. The molecule has 2 aromatic heterocycles. The third kappa shape index (κ3) is 2.09. The monoisotopic (exact) mass is 337 g/mol. The molecular formula is C18H19N5S. The zero-order chi connectivity index (χ0) is 16.3. The maximum atomic E-state index is 4.93. The Morgan fingerprint density at radius 3 is 2.67 bits per heavy atom. The number of thiazole rings is 1. The van der Waals surface area contributed by atoms with E-state index in [1.165, 1.54) is 21.8 Å². The number of hydrogen-bond donors (Lipinski definition) is 0. The Kier molecular flexibility index (Phi) is 3.03. The number of nitrogens with zero attached hydrogens (tertiary/aromatic N) is 5. The normalized spacial score (nSPS) is 22.8. The number of aryl methyl sites for hydroxylation is 2. The molecule has 1 aromatic carbocycles. The summed E-state index contributed by atoms with van der Waals surface area (Å²) in [6.07, 6.45) is 3.11. The van der Waals surface area contributed by atoms with Crippen LogP contribution in [0.15, 0.2) is 30.5 Å². The van der Waals surface area contributed by atoms with Crippen molar-refractivity contribution in [3.8, 4) is 0 Å². The summed E-state index contributed by atoms with van der Waals surface area (Å²) >= 11 is 1.82. The first-order valence-electron chi connectivity index (χ1n) is 8.38. The van der Waals surface area contributed by atoms with Crippen molar-refractivity contribution in [1.29, 1.82) is 0 Å². The zero-order valence-electron chi connectivity index (χ0n) is 13.8. The Morgan fingerprint density at radius 1 is 1.08 bits per heavy atom. The maximum Gasteiger partial charge on any atom is 0.187 e. The Bertz CT molecular complexity index is 909. The summed E-state index contributed by atoms with van der Waals surface area (Å²) in [5.41, 5.74) is 2.42. The molecule has 5 heterocycles. The lowest BCUT2D eigenvalue weighted by Gasteiger charge is -2.56. The molecule has 24 heavy (non-hydrogen) atoms. The van der Waals surface area contributed by atoms with Gasteiger partial charge in [-0.05, 0) is 38.0 Å². The van der Waals surface area contributed by atoms with Crippen LogP contribution < -0.4 is 9.80 Å². The number of hydrogen-bond acceptors (Lipinski definition) is 6. The molecular weight excluding hydrogens is 318 g/mol. The third-order valence-corrected chi connectivity index (χ3v) is 6.14. The number of fused-ring (bicyclic) bond motifs is 3. The van der Waals surface area contributed by atoms with Crippen LogP contribution in [-0.2, 0) is 0 Å². The van der Waals surface area contributed by atoms with Gasteiger partial charge in [-0.25, -0.2) is 15.0 Å². The van der Waals surface area contributed by atoms with Crippen LogP contribution >= 0.6 is 11.3 Å². The quantitative estimate of drug-likeness (QED) is 0.719. The van der Waals surface area contributed by atoms with E-state index in [4.69, 9.17) is 4.98 Å². The van der Waals surface area contributed by atoms with Gasteiger partial charge < -0.3 is 9.80 Å². The first-order chi connectivity index (χ1) is 11.7. The number of rotatable bonds is 2. The molecule has 3 saturated heterocycles. The second-order valence-electron chi connectivity index (χ2n) is 6.74. The van der Waals surface area contributed by atoms with Crippen LogP contribution in [-0.4, -0.2) is 40.1 Å². The van der Waals surface area contributed by atoms with Crippen LogP contribution in [0, 0.1) is 13.8 Å². The fraction of sp³-hybridized carbons (Fsp3) is 0.389. The van der Waals surface area contributed by atoms with Crippen LogP contribution in [0.4, 0.5) is 10.9 Å². The van der Waals surface area contributed by atoms with Crippen LogP contribution in [0.25, 0.3) is 10.2 Å². The molecule has 5 nitrogen and oxygen atoms in total. The maximum absolute atomic E-state index is 4.93. The summed E-state index contributed by atoms with van der Waals surface area (Å²) in [6, 6.07) is 9.54. The van der Waals surface area contributed by atoms with E-state index >= 15 is 0 Å². The van der Waals surface area contributed by atoms with Gasteiger partial charge in [-0.1, -0.05) is 23.5 Å². The molecule has 2 bridgehead atoms. The number of piperidine rings is 1. The molecule has 3 fully saturated rings. The Hall–Kier alpha value is -2.21. The molecule has 3 aromatic rings. The van der Waals surface area contributed by atoms with Crippen molar-refractivity contribution in [2.75, 3.05) is 22.9 Å². The lowest BCUT2D eigenvalue weighted by atomic mass is 9.88. The standard InChI is InChI=1S/C18H19N5S/c1-11-4-3-5-15-17(11)21-18(24-15)23-13-8-14(23)10-22(9-13)16-6-7-19-12(2)20-16/h3-7,13-14H,8-10H2,1-2H3. The highest BCUT2D eigenvalue weighted by Gasteiger charge is 2.46. The largest absolute Gasteiger partial charge is 0.352 e. The topological polar surface area (TPSA) is 45.2 Å². The van der Waals surface area contributed by atoms with E-state index in [-0.39, 0.29) is 0 Å². The second kappa shape index (κ2) is 5.14. The highest BCUT2D eigenvalue weighted by atomic mass is 32.1. The molecule has 2 unspecified atom stereocenters. The van der Waals surface area contributed by atoms with Crippen molar-refractivity contribution in [2.24, 2.45) is 0 Å². The molecule has 6 heteroatoms. The predicted molar refractivity (Wildman–Crippen MR) is 98.0 cm³/mol. The van der Waals surface area contributed by atoms with Crippen molar-refractivity contribution in [3.05, 3.63) is 41.9 Å². The number of piperazine rings is 1. The van der Waals surface area contributed by atoms with Crippen LogP contribution in [0.1, 0.15) is 17.8 Å². The molecule has 0 N–H and O–H groups in total. The molecule has 0 aliphatic carbocycles. The van der Waals surface area contributed by atoms with Crippen molar-refractivity contribution < 1.29 is 0 Å². The summed E-state index contributed by atoms with van der Waals surface area (Å²) in [5, 5.41) is 1.18. The molecule has 3 aliphatic rings. The molecule has 2 atom stereocenters. The van der Waals surface area contributed by atoms with E-state index < -0.39 is 0 Å². The number of aromatic nitrogens is 3. The Balaban J connectivity index is 1.41. The number of benzene rings is 1. The fourth-order valence-corrected chi connectivity index (χ4v) is 5.10. The summed E-state index contributed by atoms with van der Waals surface area (Å²) in [5.74, 6) is 1.89. The van der Waals surface area contributed by atoms with E-state index in [1.54, 1.807) is 0 Å². The molecule has 0 amide bonds. The van der Waals surface area contributed by atoms with E-state index in [0.717, 1.165) is 30.2 Å². The van der Waals surface area contributed by atoms with Gasteiger partial charge in [-0.2, -0.15) is 0 Å². The summed E-state index contributed by atoms with van der Waals surface area (Å²) in [4.78, 5) is 18.6. The minimum atomic E-state index is 0.542. The molecule has 3 aliphatic heterocycles. The average molecular weight is 337 g/mol. The van der Waals surface area contributed by atoms with E-state index in [1.807, 2.05) is 30.5 Å². The van der Waals surface area contributed by atoms with Crippen molar-refractivity contribution in [1.82, 2.24) is 15.0 Å². The van der Waals surface area contributed by atoms with Crippen LogP contribution in [0.2, 0.25) is 0 Å². The third-order valence-electron chi connectivity index (χ3n) is 5.11. The van der Waals surface area contributed by atoms with Crippen molar-refractivity contribution in [2.45, 2.75) is 32.4 Å². The Morgan fingerprint density at radius 2 is 1.92 bits per heavy atom. The first-order valence-corrected chi connectivity index (χ1v) is 9.20. The summed E-state index contributed by atoms with van der Waals surface area (Å²) in [7, 11) is 0. The van der Waals surface area contributed by atoms with E-state index in [9.17, 15) is 0 Å². The van der Waals surface area contributed by atoms with Gasteiger partial charge in [0.2, 0.25) is 0 Å². The highest BCUT2D eigenvalue weighted by Crippen LogP contribution is 2.41. The van der Waals surface area contributed by atoms with Gasteiger partial charge in [-0.3, -0.25) is 0 Å². The Labute approximate surface area is 145 Å². The minimum absolute atomic E-state index is 0.542. The SMILES string of the molecule is Cc1nccc(N2CC3CC(C2)N3c2nc3c(C)cccc3s2)n1. The minimum Gasteiger partial charge on any atom is -0.352 e. The van der Waals surface area contributed by atoms with Gasteiger partial charge in [0.25, 0.3) is 0 Å². The molecule has 0 saturated carbocycles. The number of anilines is 2. The molecule has 122 valence electrons. The van der Waals surface area contributed by atoms with Crippen LogP contribution in [0.3, 0.4) is 0 Å². The highest BCUT2D eigenvalue weighted by molar-refractivity contribution is 7.22. The van der Waals surface area contributed by atoms with Crippen LogP contribution in [0.5, 0.6) is 0 Å². The lowest BCUT2D eigenvalue weighted by molar-refractivity contribution is 0.290. The average Bonchev–Trinajstić information content (AvgIpc) is 2.99. The lowest BCUT2D eigenvalue weighted by Crippen LogP contribution is -2.69. The second-order valence-corrected chi connectivity index (χ2v) is 7.74. The van der Waals surface area contributed by atoms with Crippen molar-refractivity contribution in [3.63, 3.8) is 0 Å². The number of para-hydroxylation sites is 1. The first kappa shape index (κ1) is 14.2. The van der Waals surface area contributed by atoms with Gasteiger partial charge in [0, 0.05) is 19.3 Å². The summed E-state index contributed by atoms with van der Waals surface area (Å²) < 4.78 is 1.29. The van der Waals surface area contributed by atoms with Gasteiger partial charge in [0.15, 0.2) is 5.13 Å².